The molecular formula is C14H20N2O2. The third-order valence-electron chi connectivity index (χ3n) is 3.26. The molecule has 1 fully saturated rings. The van der Waals surface area contributed by atoms with Gasteiger partial charge >= 0.3 is 0 Å². The van der Waals surface area contributed by atoms with E-state index in [0.717, 1.165) is 18.4 Å². The van der Waals surface area contributed by atoms with E-state index in [1.165, 1.54) is 0 Å². The maximum Gasteiger partial charge on any atom is 0.260 e. The number of hydrogen-bond acceptors (Lipinski definition) is 3. The van der Waals surface area contributed by atoms with E-state index in [2.05, 4.69) is 0 Å². The largest absolute Gasteiger partial charge is 0.484 e. The Bertz CT molecular complexity index is 410. The Labute approximate surface area is 108 Å². The van der Waals surface area contributed by atoms with Crippen molar-refractivity contribution in [3.05, 3.63) is 29.8 Å². The van der Waals surface area contributed by atoms with Crippen LogP contribution in [-0.2, 0) is 4.79 Å². The van der Waals surface area contributed by atoms with Gasteiger partial charge in [0.25, 0.3) is 5.91 Å². The van der Waals surface area contributed by atoms with Gasteiger partial charge in [-0.05, 0) is 37.5 Å². The molecule has 1 saturated carbocycles. The number of hydrogen-bond donors (Lipinski definition) is 1. The van der Waals surface area contributed by atoms with Gasteiger partial charge < -0.3 is 15.4 Å². The molecule has 1 unspecified atom stereocenters. The molecule has 0 aliphatic heterocycles. The first-order valence-electron chi connectivity index (χ1n) is 6.32. The Morgan fingerprint density at radius 1 is 1.44 bits per heavy atom. The van der Waals surface area contributed by atoms with Gasteiger partial charge in [0.15, 0.2) is 6.61 Å². The normalized spacial score (nSPS) is 16.2. The summed E-state index contributed by atoms with van der Waals surface area (Å²) in [4.78, 5) is 13.5. The van der Waals surface area contributed by atoms with E-state index in [1.54, 1.807) is 4.90 Å². The minimum absolute atomic E-state index is 0.0154. The van der Waals surface area contributed by atoms with Gasteiger partial charge in [0.05, 0.1) is 0 Å². The Balaban J connectivity index is 1.84. The van der Waals surface area contributed by atoms with E-state index in [-0.39, 0.29) is 18.6 Å². The van der Waals surface area contributed by atoms with Crippen LogP contribution in [-0.4, -0.2) is 30.5 Å². The molecule has 1 aliphatic carbocycles. The highest BCUT2D eigenvalue weighted by Gasteiger charge is 2.29. The molecule has 4 nitrogen and oxygen atoms in total. The van der Waals surface area contributed by atoms with Gasteiger partial charge in [-0.1, -0.05) is 12.1 Å². The molecule has 0 spiro atoms. The first kappa shape index (κ1) is 12.9. The number of carbonyl (C=O) groups excluding carboxylic acids is 1. The van der Waals surface area contributed by atoms with Crippen LogP contribution in [0.1, 0.15) is 31.4 Å². The Morgan fingerprint density at radius 3 is 2.56 bits per heavy atom. The number of nitrogens with two attached hydrogens (primary N) is 1. The molecule has 18 heavy (non-hydrogen) atoms. The molecule has 0 saturated heterocycles. The van der Waals surface area contributed by atoms with Crippen LogP contribution in [0.2, 0.25) is 0 Å². The molecule has 1 aliphatic rings. The number of amides is 1. The lowest BCUT2D eigenvalue weighted by Crippen LogP contribution is -2.33. The fraction of sp³-hybridized carbons (Fsp3) is 0.500. The molecule has 0 bridgehead atoms. The SMILES string of the molecule is CC(N)c1ccc(OCC(=O)N(C)C2CC2)cc1. The molecule has 0 aromatic heterocycles. The number of ether oxygens (including phenoxy) is 1. The highest BCUT2D eigenvalue weighted by molar-refractivity contribution is 5.78. The fourth-order valence-electron chi connectivity index (χ4n) is 1.78. The van der Waals surface area contributed by atoms with Gasteiger partial charge in [-0.15, -0.1) is 0 Å². The van der Waals surface area contributed by atoms with Gasteiger partial charge in [0.2, 0.25) is 0 Å². The zero-order valence-corrected chi connectivity index (χ0v) is 10.9. The summed E-state index contributed by atoms with van der Waals surface area (Å²) in [6.07, 6.45) is 2.23. The number of benzene rings is 1. The van der Waals surface area contributed by atoms with Crippen molar-refractivity contribution in [2.24, 2.45) is 5.73 Å². The maximum absolute atomic E-state index is 11.8. The zero-order chi connectivity index (χ0) is 13.1. The Kier molecular flexibility index (Phi) is 3.87. The highest BCUT2D eigenvalue weighted by Crippen LogP contribution is 2.25. The van der Waals surface area contributed by atoms with Crippen molar-refractivity contribution in [3.8, 4) is 5.75 Å². The van der Waals surface area contributed by atoms with Gasteiger partial charge in [-0.3, -0.25) is 4.79 Å². The summed E-state index contributed by atoms with van der Waals surface area (Å²) < 4.78 is 5.47. The van der Waals surface area contributed by atoms with Crippen LogP contribution >= 0.6 is 0 Å². The predicted molar refractivity (Wildman–Crippen MR) is 70.3 cm³/mol. The summed E-state index contributed by atoms with van der Waals surface area (Å²) in [6, 6.07) is 8.00. The van der Waals surface area contributed by atoms with Crippen molar-refractivity contribution >= 4 is 5.91 Å². The predicted octanol–water partition coefficient (Wildman–Crippen LogP) is 1.71. The van der Waals surface area contributed by atoms with Crippen LogP contribution in [0.15, 0.2) is 24.3 Å². The van der Waals surface area contributed by atoms with Gasteiger partial charge in [-0.25, -0.2) is 0 Å². The smallest absolute Gasteiger partial charge is 0.260 e. The van der Waals surface area contributed by atoms with Crippen LogP contribution in [0.4, 0.5) is 0 Å². The summed E-state index contributed by atoms with van der Waals surface area (Å²) in [6.45, 7) is 2.04. The van der Waals surface area contributed by atoms with Gasteiger partial charge in [0, 0.05) is 19.1 Å². The molecular weight excluding hydrogens is 228 g/mol. The first-order chi connectivity index (χ1) is 8.58. The van der Waals surface area contributed by atoms with Crippen molar-refractivity contribution in [2.45, 2.75) is 31.8 Å². The lowest BCUT2D eigenvalue weighted by Gasteiger charge is -2.16. The summed E-state index contributed by atoms with van der Waals surface area (Å²) in [5, 5.41) is 0. The average molecular weight is 248 g/mol. The zero-order valence-electron chi connectivity index (χ0n) is 10.9. The van der Waals surface area contributed by atoms with E-state index in [9.17, 15) is 4.79 Å². The van der Waals surface area contributed by atoms with Crippen molar-refractivity contribution in [1.29, 1.82) is 0 Å². The van der Waals surface area contributed by atoms with E-state index >= 15 is 0 Å². The standard InChI is InChI=1S/C14H20N2O2/c1-10(15)11-3-7-13(8-4-11)18-9-14(17)16(2)12-5-6-12/h3-4,7-8,10,12H,5-6,9,15H2,1-2H3. The second-order valence-corrected chi connectivity index (χ2v) is 4.88. The molecule has 1 atom stereocenters. The van der Waals surface area contributed by atoms with Crippen LogP contribution in [0.5, 0.6) is 5.75 Å². The molecule has 1 aromatic carbocycles. The molecule has 1 amide bonds. The second kappa shape index (κ2) is 5.40. The number of rotatable bonds is 5. The Hall–Kier alpha value is -1.55. The maximum atomic E-state index is 11.8. The minimum atomic E-state index is 0.0154. The van der Waals surface area contributed by atoms with E-state index < -0.39 is 0 Å². The first-order valence-corrected chi connectivity index (χ1v) is 6.32. The molecule has 2 rings (SSSR count). The third-order valence-corrected chi connectivity index (χ3v) is 3.26. The van der Waals surface area contributed by atoms with Crippen LogP contribution < -0.4 is 10.5 Å². The van der Waals surface area contributed by atoms with Crippen LogP contribution in [0.3, 0.4) is 0 Å². The quantitative estimate of drug-likeness (QED) is 0.863. The van der Waals surface area contributed by atoms with Gasteiger partial charge in [-0.2, -0.15) is 0 Å². The molecule has 1 aromatic rings. The molecule has 0 heterocycles. The minimum Gasteiger partial charge on any atom is -0.484 e. The lowest BCUT2D eigenvalue weighted by atomic mass is 10.1. The van der Waals surface area contributed by atoms with Crippen molar-refractivity contribution < 1.29 is 9.53 Å². The highest BCUT2D eigenvalue weighted by atomic mass is 16.5. The topological polar surface area (TPSA) is 55.6 Å². The fourth-order valence-corrected chi connectivity index (χ4v) is 1.78. The average Bonchev–Trinajstić information content (AvgIpc) is 3.19. The molecule has 2 N–H and O–H groups in total. The number of carbonyl (C=O) groups is 1. The monoisotopic (exact) mass is 248 g/mol. The summed E-state index contributed by atoms with van der Waals surface area (Å²) >= 11 is 0. The summed E-state index contributed by atoms with van der Waals surface area (Å²) in [5.41, 5.74) is 6.82. The van der Waals surface area contributed by atoms with Crippen LogP contribution in [0.25, 0.3) is 0 Å². The lowest BCUT2D eigenvalue weighted by molar-refractivity contribution is -0.132. The van der Waals surface area contributed by atoms with E-state index in [1.807, 2.05) is 38.2 Å². The van der Waals surface area contributed by atoms with Crippen LogP contribution in [0, 0.1) is 0 Å². The molecule has 98 valence electrons. The van der Waals surface area contributed by atoms with E-state index in [4.69, 9.17) is 10.5 Å². The second-order valence-electron chi connectivity index (χ2n) is 4.88. The van der Waals surface area contributed by atoms with E-state index in [0.29, 0.717) is 11.8 Å². The van der Waals surface area contributed by atoms with Crippen molar-refractivity contribution in [1.82, 2.24) is 4.90 Å². The van der Waals surface area contributed by atoms with Crippen molar-refractivity contribution in [2.75, 3.05) is 13.7 Å². The molecule has 0 radical (unpaired) electrons. The Morgan fingerprint density at radius 2 is 2.06 bits per heavy atom. The van der Waals surface area contributed by atoms with Crippen molar-refractivity contribution in [3.63, 3.8) is 0 Å². The summed E-state index contributed by atoms with van der Waals surface area (Å²) in [5.74, 6) is 0.741. The molecule has 4 heteroatoms. The number of nitrogens with zero attached hydrogens (tertiary/aromatic N) is 1. The third kappa shape index (κ3) is 3.23. The number of likely N-dealkylation sites (N-methyl/N-ethyl adjacent to an activating group) is 1. The van der Waals surface area contributed by atoms with Gasteiger partial charge in [0.1, 0.15) is 5.75 Å². The summed E-state index contributed by atoms with van der Waals surface area (Å²) in [7, 11) is 1.84.